The highest BCUT2D eigenvalue weighted by molar-refractivity contribution is 7.79. The monoisotopic (exact) mass is 689 g/mol. The molecule has 0 unspecified atom stereocenters. The minimum absolute atomic E-state index is 0.190. The Morgan fingerprint density at radius 1 is 0.653 bits per heavy atom. The molecule has 2 aliphatic carbocycles. The van der Waals surface area contributed by atoms with Gasteiger partial charge in [0.15, 0.2) is 0 Å². The molecule has 2 aliphatic rings. The smallest absolute Gasteiger partial charge is 0.129 e. The predicted octanol–water partition coefficient (Wildman–Crippen LogP) is 10.1. The fraction of sp³-hybridized carbons (Fsp3) is 0.0769. The summed E-state index contributed by atoms with van der Waals surface area (Å²) in [6.45, 7) is 4.60. The van der Waals surface area contributed by atoms with E-state index >= 15 is 0 Å². The number of aromatic nitrogens is 4. The van der Waals surface area contributed by atoms with Gasteiger partial charge in [-0.3, -0.25) is 5.41 Å². The Hall–Kier alpha value is -5.29. The van der Waals surface area contributed by atoms with Crippen LogP contribution < -0.4 is 4.90 Å². The number of fused-ring (bicyclic) bond motifs is 5. The molecule has 0 radical (unpaired) electrons. The number of thiol groups is 1. The second kappa shape index (κ2) is 11.4. The van der Waals surface area contributed by atoms with Gasteiger partial charge in [0, 0.05) is 16.6 Å². The van der Waals surface area contributed by atoms with Crippen LogP contribution in [0.3, 0.4) is 0 Å². The topological polar surface area (TPSA) is 91.0 Å². The summed E-state index contributed by atoms with van der Waals surface area (Å²) in [5, 5.41) is 9.30. The molecule has 9 rings (SSSR count). The van der Waals surface area contributed by atoms with Crippen molar-refractivity contribution in [2.24, 2.45) is 4.40 Å². The van der Waals surface area contributed by atoms with Gasteiger partial charge in [0.05, 0.1) is 46.2 Å². The Balaban J connectivity index is 1.28. The van der Waals surface area contributed by atoms with Crippen LogP contribution in [-0.2, 0) is 5.41 Å². The maximum absolute atomic E-state index is 9.30. The summed E-state index contributed by atoms with van der Waals surface area (Å²) in [5.41, 5.74) is 14.9. The average molecular weight is 690 g/mol. The maximum atomic E-state index is 9.30. The van der Waals surface area contributed by atoms with Crippen LogP contribution in [0.5, 0.6) is 0 Å². The number of rotatable bonds is 5. The number of benzene rings is 5. The van der Waals surface area contributed by atoms with Crippen molar-refractivity contribution in [2.45, 2.75) is 19.3 Å². The molecule has 10 heteroatoms. The third kappa shape index (κ3) is 4.48. The zero-order valence-corrected chi connectivity index (χ0v) is 28.9. The Bertz CT molecular complexity index is 2580. The molecule has 2 aromatic heterocycles. The summed E-state index contributed by atoms with van der Waals surface area (Å²) in [7, 11) is 0. The van der Waals surface area contributed by atoms with Gasteiger partial charge in [0.1, 0.15) is 27.8 Å². The zero-order chi connectivity index (χ0) is 33.3. The zero-order valence-electron chi connectivity index (χ0n) is 26.4. The Morgan fingerprint density at radius 2 is 1.33 bits per heavy atom. The highest BCUT2D eigenvalue weighted by atomic mass is 32.1. The molecule has 2 heterocycles. The fourth-order valence-electron chi connectivity index (χ4n) is 7.41. The highest BCUT2D eigenvalue weighted by Gasteiger charge is 2.38. The second-order valence-corrected chi connectivity index (χ2v) is 13.8. The molecule has 0 aliphatic heterocycles. The van der Waals surface area contributed by atoms with Crippen molar-refractivity contribution in [3.63, 3.8) is 0 Å². The average Bonchev–Trinajstić information content (AvgIpc) is 3.87. The molecule has 49 heavy (non-hydrogen) atoms. The van der Waals surface area contributed by atoms with Crippen molar-refractivity contribution in [3.8, 4) is 22.3 Å². The van der Waals surface area contributed by atoms with E-state index in [0.717, 1.165) is 55.7 Å². The number of nitrogens with one attached hydrogen (secondary N) is 1. The van der Waals surface area contributed by atoms with Crippen molar-refractivity contribution >= 4 is 86.7 Å². The fourth-order valence-corrected chi connectivity index (χ4v) is 8.72. The van der Waals surface area contributed by atoms with Gasteiger partial charge in [-0.05, 0) is 82.6 Å². The molecule has 5 aromatic carbocycles. The van der Waals surface area contributed by atoms with E-state index in [9.17, 15) is 5.41 Å². The van der Waals surface area contributed by atoms with Crippen molar-refractivity contribution < 1.29 is 0 Å². The molecule has 7 nitrogen and oxygen atoms in total. The first kappa shape index (κ1) is 29.8. The molecule has 236 valence electrons. The quantitative estimate of drug-likeness (QED) is 0.139. The van der Waals surface area contributed by atoms with Crippen molar-refractivity contribution in [1.82, 2.24) is 17.5 Å². The van der Waals surface area contributed by atoms with E-state index in [0.29, 0.717) is 11.4 Å². The number of hydrogen-bond donors (Lipinski definition) is 2. The summed E-state index contributed by atoms with van der Waals surface area (Å²) >= 11 is 6.78. The minimum Gasteiger partial charge on any atom is -0.304 e. The molecule has 1 N–H and O–H groups in total. The summed E-state index contributed by atoms with van der Waals surface area (Å²) in [6.07, 6.45) is 3.97. The van der Waals surface area contributed by atoms with E-state index in [2.05, 4.69) is 94.9 Å². The number of anilines is 2. The van der Waals surface area contributed by atoms with Crippen LogP contribution in [0.4, 0.5) is 11.4 Å². The summed E-state index contributed by atoms with van der Waals surface area (Å²) in [5.74, 6) is 0. The summed E-state index contributed by atoms with van der Waals surface area (Å²) < 4.78 is 23.5. The van der Waals surface area contributed by atoms with Gasteiger partial charge in [0.2, 0.25) is 0 Å². The maximum Gasteiger partial charge on any atom is 0.129 e. The number of nitrogens with zero attached hydrogens (tertiary/aromatic N) is 6. The lowest BCUT2D eigenvalue weighted by atomic mass is 9.78. The third-order valence-corrected chi connectivity index (χ3v) is 10.9. The SMILES string of the molecule is CC1(C)c2ccccc2-c2cccc(-c3ccc(N(C4=CC=C(c5ccccc5)C(=N)/C4=N\S)c4cccc5nsnc45)c4nsnc34)c21. The molecule has 0 saturated heterocycles. The normalized spacial score (nSPS) is 15.7. The van der Waals surface area contributed by atoms with Gasteiger partial charge in [0.25, 0.3) is 0 Å². The first-order chi connectivity index (χ1) is 24.0. The van der Waals surface area contributed by atoms with Crippen LogP contribution in [0, 0.1) is 5.41 Å². The highest BCUT2D eigenvalue weighted by Crippen LogP contribution is 2.53. The summed E-state index contributed by atoms with van der Waals surface area (Å²) in [6, 6.07) is 35.4. The van der Waals surface area contributed by atoms with Crippen molar-refractivity contribution in [1.29, 1.82) is 5.41 Å². The second-order valence-electron chi connectivity index (χ2n) is 12.6. The van der Waals surface area contributed by atoms with E-state index in [1.807, 2.05) is 60.7 Å². The summed E-state index contributed by atoms with van der Waals surface area (Å²) in [4.78, 5) is 2.08. The van der Waals surface area contributed by atoms with Crippen LogP contribution in [0.2, 0.25) is 0 Å². The molecule has 0 amide bonds. The van der Waals surface area contributed by atoms with E-state index in [-0.39, 0.29) is 11.1 Å². The molecule has 0 bridgehead atoms. The largest absolute Gasteiger partial charge is 0.304 e. The Labute approximate surface area is 296 Å². The minimum atomic E-state index is -0.190. The lowest BCUT2D eigenvalue weighted by Gasteiger charge is -2.31. The molecular weight excluding hydrogens is 663 g/mol. The first-order valence-electron chi connectivity index (χ1n) is 15.8. The third-order valence-electron chi connectivity index (χ3n) is 9.59. The lowest BCUT2D eigenvalue weighted by molar-refractivity contribution is 0.662. The van der Waals surface area contributed by atoms with Crippen molar-refractivity contribution in [3.05, 3.63) is 138 Å². The Kier molecular flexibility index (Phi) is 6.94. The van der Waals surface area contributed by atoms with Crippen LogP contribution in [0.15, 0.2) is 125 Å². The Morgan fingerprint density at radius 3 is 2.16 bits per heavy atom. The predicted molar refractivity (Wildman–Crippen MR) is 207 cm³/mol. The van der Waals surface area contributed by atoms with Gasteiger partial charge in [-0.2, -0.15) is 17.5 Å². The molecule has 0 fully saturated rings. The van der Waals surface area contributed by atoms with Gasteiger partial charge < -0.3 is 4.90 Å². The molecule has 7 aromatic rings. The number of hydrogen-bond acceptors (Lipinski definition) is 10. The van der Waals surface area contributed by atoms with E-state index in [4.69, 9.17) is 13.1 Å². The molecular formula is C39H27N7S3. The van der Waals surface area contributed by atoms with Gasteiger partial charge in [-0.1, -0.05) is 92.7 Å². The van der Waals surface area contributed by atoms with Crippen LogP contribution in [-0.4, -0.2) is 28.9 Å². The van der Waals surface area contributed by atoms with Gasteiger partial charge >= 0.3 is 0 Å². The van der Waals surface area contributed by atoms with E-state index in [1.54, 1.807) is 0 Å². The standard InChI is InChI=1S/C39H27N7S3/c1-39(2)28-15-7-6-12-24(28)25-13-8-14-26(33(25)39)27-19-21-32(38-35(27)43-49-45-38)46(30-17-9-16-29-36(30)44-48-42-29)31-20-18-23(34(40)37(31)41-47)22-10-4-3-5-11-22/h3-21,40,47H,1-2H3/b40-34?,41-37-. The van der Waals surface area contributed by atoms with Crippen LogP contribution in [0.1, 0.15) is 30.5 Å². The van der Waals surface area contributed by atoms with Gasteiger partial charge in [-0.15, -0.1) is 0 Å². The molecule has 0 spiro atoms. The van der Waals surface area contributed by atoms with Crippen LogP contribution >= 0.6 is 36.3 Å². The van der Waals surface area contributed by atoms with E-state index < -0.39 is 0 Å². The van der Waals surface area contributed by atoms with Crippen LogP contribution in [0.25, 0.3) is 49.9 Å². The molecule has 0 atom stereocenters. The van der Waals surface area contributed by atoms with E-state index in [1.165, 1.54) is 45.7 Å². The lowest BCUT2D eigenvalue weighted by Crippen LogP contribution is -2.30. The molecule has 0 saturated carbocycles. The first-order valence-corrected chi connectivity index (χ1v) is 17.6. The number of allylic oxidation sites excluding steroid dienone is 4. The van der Waals surface area contributed by atoms with Crippen molar-refractivity contribution in [2.75, 3.05) is 4.90 Å². The van der Waals surface area contributed by atoms with Gasteiger partial charge in [-0.25, -0.2) is 4.40 Å².